The van der Waals surface area contributed by atoms with Gasteiger partial charge in [0, 0.05) is 12.5 Å². The Balaban J connectivity index is 2.15. The minimum absolute atomic E-state index is 0.0129. The molecule has 21 heavy (non-hydrogen) atoms. The third-order valence-corrected chi connectivity index (χ3v) is 3.24. The molecule has 1 fully saturated rings. The lowest BCUT2D eigenvalue weighted by molar-refractivity contribution is -0.119. The Bertz CT molecular complexity index is 554. The molecular formula is C14H16F2N2O3. The van der Waals surface area contributed by atoms with Crippen LogP contribution in [-0.2, 0) is 16.0 Å². The minimum Gasteiger partial charge on any atom is -0.442 e. The third-order valence-electron chi connectivity index (χ3n) is 3.24. The van der Waals surface area contributed by atoms with Crippen LogP contribution < -0.4 is 10.2 Å². The first-order valence-corrected chi connectivity index (χ1v) is 6.62. The number of hydrogen-bond acceptors (Lipinski definition) is 3. The second-order valence-corrected chi connectivity index (χ2v) is 4.79. The standard InChI is InChI=1S/C14H16F2N2O3/c1-3-11-12(15)4-9(5-13(11)16)18-7-10(21-14(18)20)6-17-8(2)19/h4-5,10H,3,6-7H2,1-2H3,(H,17,19)/t10-/m0/s1. The summed E-state index contributed by atoms with van der Waals surface area (Å²) < 4.78 is 32.6. The molecule has 0 bridgehead atoms. The lowest BCUT2D eigenvalue weighted by atomic mass is 10.1. The van der Waals surface area contributed by atoms with Gasteiger partial charge in [-0.15, -0.1) is 0 Å². The molecule has 0 saturated carbocycles. The van der Waals surface area contributed by atoms with E-state index in [1.807, 2.05) is 0 Å². The highest BCUT2D eigenvalue weighted by Gasteiger charge is 2.33. The maximum absolute atomic E-state index is 13.8. The molecule has 0 spiro atoms. The van der Waals surface area contributed by atoms with E-state index in [2.05, 4.69) is 5.32 Å². The van der Waals surface area contributed by atoms with E-state index in [-0.39, 0.29) is 36.7 Å². The summed E-state index contributed by atoms with van der Waals surface area (Å²) in [4.78, 5) is 23.7. The van der Waals surface area contributed by atoms with Crippen LogP contribution in [0.25, 0.3) is 0 Å². The molecule has 114 valence electrons. The zero-order chi connectivity index (χ0) is 15.6. The van der Waals surface area contributed by atoms with Crippen molar-refractivity contribution < 1.29 is 23.1 Å². The lowest BCUT2D eigenvalue weighted by Crippen LogP contribution is -2.33. The van der Waals surface area contributed by atoms with Crippen molar-refractivity contribution in [1.29, 1.82) is 0 Å². The number of rotatable bonds is 4. The number of carbonyl (C=O) groups excluding carboxylic acids is 2. The van der Waals surface area contributed by atoms with Gasteiger partial charge in [0.25, 0.3) is 0 Å². The second-order valence-electron chi connectivity index (χ2n) is 4.79. The quantitative estimate of drug-likeness (QED) is 0.925. The van der Waals surface area contributed by atoms with Crippen molar-refractivity contribution in [2.45, 2.75) is 26.4 Å². The fourth-order valence-corrected chi connectivity index (χ4v) is 2.18. The predicted octanol–water partition coefficient (Wildman–Crippen LogP) is 1.99. The van der Waals surface area contributed by atoms with Crippen LogP contribution in [0.3, 0.4) is 0 Å². The molecule has 1 saturated heterocycles. The van der Waals surface area contributed by atoms with Crippen LogP contribution in [0.15, 0.2) is 12.1 Å². The highest BCUT2D eigenvalue weighted by Crippen LogP contribution is 2.26. The van der Waals surface area contributed by atoms with Crippen LogP contribution in [0.5, 0.6) is 0 Å². The van der Waals surface area contributed by atoms with Crippen LogP contribution in [0.1, 0.15) is 19.4 Å². The van der Waals surface area contributed by atoms with Crippen molar-refractivity contribution in [2.75, 3.05) is 18.0 Å². The monoisotopic (exact) mass is 298 g/mol. The van der Waals surface area contributed by atoms with Gasteiger partial charge < -0.3 is 10.1 Å². The largest absolute Gasteiger partial charge is 0.442 e. The maximum Gasteiger partial charge on any atom is 0.414 e. The fourth-order valence-electron chi connectivity index (χ4n) is 2.18. The summed E-state index contributed by atoms with van der Waals surface area (Å²) in [7, 11) is 0. The molecule has 7 heteroatoms. The van der Waals surface area contributed by atoms with Crippen molar-refractivity contribution in [3.05, 3.63) is 29.3 Å². The van der Waals surface area contributed by atoms with Crippen LogP contribution in [-0.4, -0.2) is 31.2 Å². The highest BCUT2D eigenvalue weighted by atomic mass is 19.1. The van der Waals surface area contributed by atoms with Crippen molar-refractivity contribution in [3.63, 3.8) is 0 Å². The topological polar surface area (TPSA) is 58.6 Å². The summed E-state index contributed by atoms with van der Waals surface area (Å²) in [6.45, 7) is 3.29. The average Bonchev–Trinajstić information content (AvgIpc) is 2.77. The molecule has 1 aromatic carbocycles. The van der Waals surface area contributed by atoms with Gasteiger partial charge in [-0.25, -0.2) is 13.6 Å². The van der Waals surface area contributed by atoms with Gasteiger partial charge in [-0.1, -0.05) is 6.92 Å². The number of benzene rings is 1. The molecule has 5 nitrogen and oxygen atoms in total. The Morgan fingerprint density at radius 2 is 2.05 bits per heavy atom. The summed E-state index contributed by atoms with van der Waals surface area (Å²) in [5.41, 5.74) is 0.0960. The van der Waals surface area contributed by atoms with Gasteiger partial charge in [-0.05, 0) is 18.6 Å². The molecule has 1 aliphatic heterocycles. The zero-order valence-corrected chi connectivity index (χ0v) is 11.8. The molecule has 1 heterocycles. The zero-order valence-electron chi connectivity index (χ0n) is 11.8. The normalized spacial score (nSPS) is 17.8. The molecule has 0 radical (unpaired) electrons. The summed E-state index contributed by atoms with van der Waals surface area (Å²) in [5, 5.41) is 2.53. The number of amides is 2. The summed E-state index contributed by atoms with van der Waals surface area (Å²) in [6, 6.07) is 2.23. The number of nitrogens with zero attached hydrogens (tertiary/aromatic N) is 1. The van der Waals surface area contributed by atoms with E-state index < -0.39 is 23.8 Å². The number of nitrogens with one attached hydrogen (secondary N) is 1. The Kier molecular flexibility index (Phi) is 4.40. The van der Waals surface area contributed by atoms with E-state index in [0.717, 1.165) is 17.0 Å². The molecule has 0 aliphatic carbocycles. The average molecular weight is 298 g/mol. The summed E-state index contributed by atoms with van der Waals surface area (Å²) in [5.74, 6) is -1.62. The van der Waals surface area contributed by atoms with Gasteiger partial charge in [0.1, 0.15) is 17.7 Å². The van der Waals surface area contributed by atoms with Crippen LogP contribution >= 0.6 is 0 Å². The van der Waals surface area contributed by atoms with E-state index >= 15 is 0 Å². The number of halogens is 2. The molecule has 1 aromatic rings. The van der Waals surface area contributed by atoms with Gasteiger partial charge in [0.05, 0.1) is 18.8 Å². The molecule has 2 amide bonds. The molecule has 1 N–H and O–H groups in total. The molecule has 1 atom stereocenters. The molecule has 1 aliphatic rings. The molecule has 0 aromatic heterocycles. The smallest absolute Gasteiger partial charge is 0.414 e. The summed E-state index contributed by atoms with van der Waals surface area (Å²) >= 11 is 0. The molecular weight excluding hydrogens is 282 g/mol. The van der Waals surface area contributed by atoms with Gasteiger partial charge in [-0.2, -0.15) is 0 Å². The summed E-state index contributed by atoms with van der Waals surface area (Å²) in [6.07, 6.45) is -1.00. The highest BCUT2D eigenvalue weighted by molar-refractivity contribution is 5.89. The molecule has 0 unspecified atom stereocenters. The Morgan fingerprint density at radius 1 is 1.43 bits per heavy atom. The van der Waals surface area contributed by atoms with E-state index in [4.69, 9.17) is 4.74 Å². The van der Waals surface area contributed by atoms with Gasteiger partial charge >= 0.3 is 6.09 Å². The van der Waals surface area contributed by atoms with E-state index in [0.29, 0.717) is 0 Å². The van der Waals surface area contributed by atoms with Crippen molar-refractivity contribution >= 4 is 17.7 Å². The number of ether oxygens (including phenoxy) is 1. The van der Waals surface area contributed by atoms with Gasteiger partial charge in [0.2, 0.25) is 5.91 Å². The SMILES string of the molecule is CCc1c(F)cc(N2C[C@H](CNC(C)=O)OC2=O)cc1F. The van der Waals surface area contributed by atoms with Crippen molar-refractivity contribution in [1.82, 2.24) is 5.32 Å². The van der Waals surface area contributed by atoms with Crippen LogP contribution in [0.2, 0.25) is 0 Å². The lowest BCUT2D eigenvalue weighted by Gasteiger charge is -2.14. The van der Waals surface area contributed by atoms with Gasteiger partial charge in [-0.3, -0.25) is 9.69 Å². The first kappa shape index (κ1) is 15.2. The number of carbonyl (C=O) groups is 2. The van der Waals surface area contributed by atoms with E-state index in [9.17, 15) is 18.4 Å². The molecule has 2 rings (SSSR count). The second kappa shape index (κ2) is 6.07. The Morgan fingerprint density at radius 3 is 2.57 bits per heavy atom. The Labute approximate surface area is 120 Å². The van der Waals surface area contributed by atoms with Crippen LogP contribution in [0.4, 0.5) is 19.3 Å². The van der Waals surface area contributed by atoms with E-state index in [1.165, 1.54) is 6.92 Å². The number of anilines is 1. The third kappa shape index (κ3) is 3.29. The van der Waals surface area contributed by atoms with Crippen molar-refractivity contribution in [3.8, 4) is 0 Å². The number of hydrogen-bond donors (Lipinski definition) is 1. The van der Waals surface area contributed by atoms with Crippen molar-refractivity contribution in [2.24, 2.45) is 0 Å². The van der Waals surface area contributed by atoms with E-state index in [1.54, 1.807) is 6.92 Å². The fraction of sp³-hybridized carbons (Fsp3) is 0.429. The Hall–Kier alpha value is -2.18. The maximum atomic E-state index is 13.8. The number of cyclic esters (lactones) is 1. The first-order valence-electron chi connectivity index (χ1n) is 6.62. The van der Waals surface area contributed by atoms with Gasteiger partial charge in [0.15, 0.2) is 0 Å². The first-order chi connectivity index (χ1) is 9.92. The predicted molar refractivity (Wildman–Crippen MR) is 72.0 cm³/mol. The minimum atomic E-state index is -0.689. The van der Waals surface area contributed by atoms with Crippen LogP contribution in [0, 0.1) is 11.6 Å².